The van der Waals surface area contributed by atoms with Crippen molar-refractivity contribution >= 4 is 5.97 Å². The van der Waals surface area contributed by atoms with Gasteiger partial charge in [-0.1, -0.05) is 30.3 Å². The minimum absolute atomic E-state index is 0.143. The van der Waals surface area contributed by atoms with Crippen LogP contribution in [0.1, 0.15) is 12.0 Å². The average molecular weight is 209 g/mol. The van der Waals surface area contributed by atoms with Crippen molar-refractivity contribution in [3.63, 3.8) is 0 Å². The molecule has 1 rings (SSSR count). The van der Waals surface area contributed by atoms with Crippen LogP contribution in [0.3, 0.4) is 0 Å². The molecule has 3 N–H and O–H groups in total. The standard InChI is InChI=1S/C11H15NO3/c1-15-10(13)11(12,14)8-7-9-5-3-2-4-6-9/h2-6,14H,7-8,12H2,1H3/t11-/m0/s1. The van der Waals surface area contributed by atoms with Gasteiger partial charge in [0, 0.05) is 6.42 Å². The van der Waals surface area contributed by atoms with Crippen molar-refractivity contribution in [2.24, 2.45) is 5.73 Å². The van der Waals surface area contributed by atoms with Gasteiger partial charge in [0.25, 0.3) is 0 Å². The molecule has 0 amide bonds. The predicted octanol–water partition coefficient (Wildman–Crippen LogP) is 0.439. The van der Waals surface area contributed by atoms with Crippen molar-refractivity contribution < 1.29 is 14.6 Å². The summed E-state index contributed by atoms with van der Waals surface area (Å²) < 4.78 is 4.39. The molecule has 0 fully saturated rings. The fourth-order valence-electron chi connectivity index (χ4n) is 1.26. The minimum Gasteiger partial charge on any atom is -0.466 e. The smallest absolute Gasteiger partial charge is 0.353 e. The molecule has 4 nitrogen and oxygen atoms in total. The van der Waals surface area contributed by atoms with E-state index in [1.165, 1.54) is 7.11 Å². The van der Waals surface area contributed by atoms with Gasteiger partial charge in [0.05, 0.1) is 7.11 Å². The van der Waals surface area contributed by atoms with Gasteiger partial charge in [0.15, 0.2) is 0 Å². The number of carbonyl (C=O) groups excluding carboxylic acids is 1. The molecule has 0 aliphatic rings. The van der Waals surface area contributed by atoms with E-state index in [-0.39, 0.29) is 6.42 Å². The Balaban J connectivity index is 2.53. The van der Waals surface area contributed by atoms with Crippen LogP contribution in [-0.4, -0.2) is 23.9 Å². The number of esters is 1. The summed E-state index contributed by atoms with van der Waals surface area (Å²) in [6.07, 6.45) is 0.673. The second-order valence-corrected chi connectivity index (χ2v) is 3.40. The van der Waals surface area contributed by atoms with E-state index in [9.17, 15) is 9.90 Å². The zero-order chi connectivity index (χ0) is 11.3. The van der Waals surface area contributed by atoms with Crippen molar-refractivity contribution in [1.29, 1.82) is 0 Å². The number of aryl methyl sites for hydroxylation is 1. The molecule has 1 aromatic carbocycles. The fraction of sp³-hybridized carbons (Fsp3) is 0.364. The van der Waals surface area contributed by atoms with Crippen molar-refractivity contribution in [2.45, 2.75) is 18.6 Å². The van der Waals surface area contributed by atoms with Gasteiger partial charge in [-0.3, -0.25) is 5.73 Å². The maximum absolute atomic E-state index is 11.1. The molecule has 0 aromatic heterocycles. The van der Waals surface area contributed by atoms with Gasteiger partial charge in [-0.2, -0.15) is 0 Å². The van der Waals surface area contributed by atoms with E-state index in [2.05, 4.69) is 4.74 Å². The molecule has 0 radical (unpaired) electrons. The van der Waals surface area contributed by atoms with Crippen LogP contribution in [0, 0.1) is 0 Å². The van der Waals surface area contributed by atoms with Crippen LogP contribution in [0.2, 0.25) is 0 Å². The molecular formula is C11H15NO3. The summed E-state index contributed by atoms with van der Waals surface area (Å²) in [5.41, 5.74) is 4.52. The highest BCUT2D eigenvalue weighted by atomic mass is 16.5. The second-order valence-electron chi connectivity index (χ2n) is 3.40. The second kappa shape index (κ2) is 4.91. The molecule has 0 aliphatic heterocycles. The van der Waals surface area contributed by atoms with Crippen LogP contribution < -0.4 is 5.73 Å². The Morgan fingerprint density at radius 2 is 2.07 bits per heavy atom. The van der Waals surface area contributed by atoms with Crippen molar-refractivity contribution in [1.82, 2.24) is 0 Å². The molecule has 4 heteroatoms. The molecule has 1 atom stereocenters. The number of hydrogen-bond acceptors (Lipinski definition) is 4. The highest BCUT2D eigenvalue weighted by Gasteiger charge is 2.31. The Hall–Kier alpha value is -1.39. The highest BCUT2D eigenvalue weighted by Crippen LogP contribution is 2.10. The molecule has 0 saturated carbocycles. The summed E-state index contributed by atoms with van der Waals surface area (Å²) >= 11 is 0. The normalized spacial score (nSPS) is 14.3. The minimum atomic E-state index is -1.90. The molecular weight excluding hydrogens is 194 g/mol. The summed E-state index contributed by atoms with van der Waals surface area (Å²) in [6.45, 7) is 0. The number of carbonyl (C=O) groups is 1. The summed E-state index contributed by atoms with van der Waals surface area (Å²) in [5, 5.41) is 9.55. The lowest BCUT2D eigenvalue weighted by Gasteiger charge is -2.19. The number of benzene rings is 1. The molecule has 0 spiro atoms. The molecule has 1 aromatic rings. The van der Waals surface area contributed by atoms with Crippen molar-refractivity contribution in [3.8, 4) is 0 Å². The summed E-state index contributed by atoms with van der Waals surface area (Å²) in [6, 6.07) is 9.51. The van der Waals surface area contributed by atoms with Crippen LogP contribution in [0.5, 0.6) is 0 Å². The van der Waals surface area contributed by atoms with Gasteiger partial charge in [0.2, 0.25) is 5.72 Å². The Morgan fingerprint density at radius 1 is 1.47 bits per heavy atom. The largest absolute Gasteiger partial charge is 0.466 e. The van der Waals surface area contributed by atoms with Gasteiger partial charge in [-0.05, 0) is 12.0 Å². The summed E-state index contributed by atoms with van der Waals surface area (Å²) in [5.74, 6) is -0.807. The van der Waals surface area contributed by atoms with Gasteiger partial charge >= 0.3 is 5.97 Å². The van der Waals surface area contributed by atoms with Gasteiger partial charge in [-0.25, -0.2) is 4.79 Å². The first-order chi connectivity index (χ1) is 7.06. The maximum atomic E-state index is 11.1. The zero-order valence-corrected chi connectivity index (χ0v) is 8.64. The first-order valence-electron chi connectivity index (χ1n) is 4.70. The number of methoxy groups -OCH3 is 1. The molecule has 0 unspecified atom stereocenters. The monoisotopic (exact) mass is 209 g/mol. The van der Waals surface area contributed by atoms with E-state index in [0.29, 0.717) is 6.42 Å². The lowest BCUT2D eigenvalue weighted by atomic mass is 10.0. The lowest BCUT2D eigenvalue weighted by Crippen LogP contribution is -2.48. The number of rotatable bonds is 4. The molecule has 15 heavy (non-hydrogen) atoms. The van der Waals surface area contributed by atoms with E-state index < -0.39 is 11.7 Å². The van der Waals surface area contributed by atoms with Crippen LogP contribution in [0.15, 0.2) is 30.3 Å². The highest BCUT2D eigenvalue weighted by molar-refractivity contribution is 5.78. The van der Waals surface area contributed by atoms with E-state index in [1.54, 1.807) is 0 Å². The number of nitrogens with two attached hydrogens (primary N) is 1. The van der Waals surface area contributed by atoms with Crippen molar-refractivity contribution in [3.05, 3.63) is 35.9 Å². The van der Waals surface area contributed by atoms with Crippen LogP contribution in [-0.2, 0) is 16.0 Å². The molecule has 0 saturated heterocycles. The Labute approximate surface area is 88.7 Å². The predicted molar refractivity (Wildman–Crippen MR) is 55.9 cm³/mol. The lowest BCUT2D eigenvalue weighted by molar-refractivity contribution is -0.162. The molecule has 0 heterocycles. The third kappa shape index (κ3) is 3.34. The van der Waals surface area contributed by atoms with Crippen molar-refractivity contribution in [2.75, 3.05) is 7.11 Å². The topological polar surface area (TPSA) is 72.5 Å². The van der Waals surface area contributed by atoms with Gasteiger partial charge in [-0.15, -0.1) is 0 Å². The van der Waals surface area contributed by atoms with E-state index in [4.69, 9.17) is 5.73 Å². The third-order valence-electron chi connectivity index (χ3n) is 2.18. The molecule has 0 bridgehead atoms. The first-order valence-corrected chi connectivity index (χ1v) is 4.70. The number of hydrogen-bond donors (Lipinski definition) is 2. The number of ether oxygens (including phenoxy) is 1. The Morgan fingerprint density at radius 3 is 2.60 bits per heavy atom. The van der Waals surface area contributed by atoms with Gasteiger partial charge in [0.1, 0.15) is 0 Å². The zero-order valence-electron chi connectivity index (χ0n) is 8.64. The Bertz CT molecular complexity index is 322. The fourth-order valence-corrected chi connectivity index (χ4v) is 1.26. The van der Waals surface area contributed by atoms with Gasteiger partial charge < -0.3 is 9.84 Å². The Kier molecular flexibility index (Phi) is 3.82. The maximum Gasteiger partial charge on any atom is 0.353 e. The average Bonchev–Trinajstić information content (AvgIpc) is 2.27. The summed E-state index contributed by atoms with van der Waals surface area (Å²) in [4.78, 5) is 11.1. The van der Waals surface area contributed by atoms with Crippen LogP contribution in [0.25, 0.3) is 0 Å². The van der Waals surface area contributed by atoms with Crippen LogP contribution >= 0.6 is 0 Å². The molecule has 0 aliphatic carbocycles. The van der Waals surface area contributed by atoms with E-state index >= 15 is 0 Å². The van der Waals surface area contributed by atoms with E-state index in [0.717, 1.165) is 5.56 Å². The quantitative estimate of drug-likeness (QED) is 0.557. The third-order valence-corrected chi connectivity index (χ3v) is 2.18. The first kappa shape index (κ1) is 11.7. The van der Waals surface area contributed by atoms with Crippen LogP contribution in [0.4, 0.5) is 0 Å². The number of aliphatic hydroxyl groups is 1. The van der Waals surface area contributed by atoms with E-state index in [1.807, 2.05) is 30.3 Å². The summed E-state index contributed by atoms with van der Waals surface area (Å²) in [7, 11) is 1.20. The SMILES string of the molecule is COC(=O)[C@@](N)(O)CCc1ccccc1. The molecule has 82 valence electrons.